The Morgan fingerprint density at radius 1 is 1.18 bits per heavy atom. The Morgan fingerprint density at radius 2 is 1.76 bits per heavy atom. The molecular formula is C11H10Cl4O2. The van der Waals surface area contributed by atoms with Gasteiger partial charge >= 0.3 is 5.97 Å². The Balaban J connectivity index is 2.99. The first-order chi connectivity index (χ1) is 7.82. The molecule has 0 aliphatic carbocycles. The van der Waals surface area contributed by atoms with Crippen molar-refractivity contribution in [1.82, 2.24) is 0 Å². The van der Waals surface area contributed by atoms with Gasteiger partial charge in [-0.2, -0.15) is 0 Å². The molecule has 17 heavy (non-hydrogen) atoms. The van der Waals surface area contributed by atoms with Crippen LogP contribution in [0, 0.1) is 5.92 Å². The molecule has 0 atom stereocenters. The normalized spacial score (nSPS) is 10.8. The van der Waals surface area contributed by atoms with Crippen LogP contribution in [0.1, 0.15) is 20.3 Å². The third-order valence-electron chi connectivity index (χ3n) is 1.86. The fraction of sp³-hybridized carbons (Fsp3) is 0.364. The molecule has 0 radical (unpaired) electrons. The van der Waals surface area contributed by atoms with E-state index in [4.69, 9.17) is 51.1 Å². The van der Waals surface area contributed by atoms with E-state index < -0.39 is 5.97 Å². The Bertz CT molecular complexity index is 444. The highest BCUT2D eigenvalue weighted by Crippen LogP contribution is 2.42. The summed E-state index contributed by atoms with van der Waals surface area (Å²) in [5.41, 5.74) is 0. The van der Waals surface area contributed by atoms with Gasteiger partial charge in [-0.15, -0.1) is 0 Å². The van der Waals surface area contributed by atoms with Crippen molar-refractivity contribution in [2.45, 2.75) is 20.3 Å². The van der Waals surface area contributed by atoms with Crippen molar-refractivity contribution in [3.05, 3.63) is 26.2 Å². The average Bonchev–Trinajstić information content (AvgIpc) is 2.20. The van der Waals surface area contributed by atoms with E-state index in [1.54, 1.807) is 0 Å². The van der Waals surface area contributed by atoms with Crippen LogP contribution in [0.15, 0.2) is 6.07 Å². The van der Waals surface area contributed by atoms with Crippen LogP contribution in [0.2, 0.25) is 20.1 Å². The van der Waals surface area contributed by atoms with E-state index in [9.17, 15) is 4.79 Å². The Hall–Kier alpha value is -0.150. The van der Waals surface area contributed by atoms with Crippen molar-refractivity contribution in [2.24, 2.45) is 5.92 Å². The minimum Gasteiger partial charge on any atom is -0.423 e. The van der Waals surface area contributed by atoms with Crippen LogP contribution in [-0.4, -0.2) is 5.97 Å². The zero-order valence-corrected chi connectivity index (χ0v) is 12.2. The SMILES string of the molecule is CC(C)CC(=O)Oc1c(Cl)cc(Cl)c(Cl)c1Cl. The maximum Gasteiger partial charge on any atom is 0.311 e. The lowest BCUT2D eigenvalue weighted by Crippen LogP contribution is -2.11. The van der Waals surface area contributed by atoms with Gasteiger partial charge in [0.05, 0.1) is 15.1 Å². The van der Waals surface area contributed by atoms with Gasteiger partial charge in [0.2, 0.25) is 0 Å². The standard InChI is InChI=1S/C11H10Cl4O2/c1-5(2)3-8(16)17-11-7(13)4-6(12)9(14)10(11)15/h4-5H,3H2,1-2H3. The quantitative estimate of drug-likeness (QED) is 0.329. The molecule has 94 valence electrons. The molecule has 0 spiro atoms. The van der Waals surface area contributed by atoms with Gasteiger partial charge in [-0.1, -0.05) is 60.3 Å². The van der Waals surface area contributed by atoms with Crippen LogP contribution >= 0.6 is 46.4 Å². The Kier molecular flexibility index (Phi) is 5.39. The predicted molar refractivity (Wildman–Crippen MR) is 71.6 cm³/mol. The second-order valence-corrected chi connectivity index (χ2v) is 5.44. The van der Waals surface area contributed by atoms with Crippen LogP contribution in [0.25, 0.3) is 0 Å². The van der Waals surface area contributed by atoms with E-state index in [2.05, 4.69) is 0 Å². The van der Waals surface area contributed by atoms with Crippen LogP contribution in [0.3, 0.4) is 0 Å². The second kappa shape index (κ2) is 6.14. The van der Waals surface area contributed by atoms with E-state index in [0.717, 1.165) is 0 Å². The molecule has 1 aromatic carbocycles. The van der Waals surface area contributed by atoms with Crippen LogP contribution < -0.4 is 4.74 Å². The fourth-order valence-corrected chi connectivity index (χ4v) is 2.11. The molecule has 0 aliphatic rings. The summed E-state index contributed by atoms with van der Waals surface area (Å²) < 4.78 is 5.08. The van der Waals surface area contributed by atoms with Gasteiger partial charge in [0.15, 0.2) is 5.75 Å². The molecule has 0 amide bonds. The second-order valence-electron chi connectivity index (χ2n) is 3.87. The van der Waals surface area contributed by atoms with E-state index >= 15 is 0 Å². The minimum atomic E-state index is -0.415. The molecule has 1 rings (SSSR count). The molecule has 0 unspecified atom stereocenters. The van der Waals surface area contributed by atoms with Gasteiger partial charge < -0.3 is 4.74 Å². The topological polar surface area (TPSA) is 26.3 Å². The van der Waals surface area contributed by atoms with Crippen molar-refractivity contribution >= 4 is 52.4 Å². The number of esters is 1. The van der Waals surface area contributed by atoms with Gasteiger partial charge in [0.25, 0.3) is 0 Å². The number of ether oxygens (including phenoxy) is 1. The highest BCUT2D eigenvalue weighted by atomic mass is 35.5. The summed E-state index contributed by atoms with van der Waals surface area (Å²) in [6, 6.07) is 1.38. The van der Waals surface area contributed by atoms with Gasteiger partial charge in [-0.25, -0.2) is 0 Å². The lowest BCUT2D eigenvalue weighted by atomic mass is 10.1. The number of hydrogen-bond acceptors (Lipinski definition) is 2. The maximum absolute atomic E-state index is 11.5. The number of carbonyl (C=O) groups excluding carboxylic acids is 1. The molecule has 2 nitrogen and oxygen atoms in total. The largest absolute Gasteiger partial charge is 0.423 e. The molecule has 0 bridgehead atoms. The number of benzene rings is 1. The molecule has 0 heterocycles. The summed E-state index contributed by atoms with van der Waals surface area (Å²) in [5, 5.41) is 0.526. The summed E-state index contributed by atoms with van der Waals surface area (Å²) >= 11 is 23.4. The lowest BCUT2D eigenvalue weighted by Gasteiger charge is -2.11. The minimum absolute atomic E-state index is 0.0428. The first-order valence-corrected chi connectivity index (χ1v) is 6.37. The summed E-state index contributed by atoms with van der Waals surface area (Å²) in [4.78, 5) is 11.5. The molecule has 0 N–H and O–H groups in total. The zero-order valence-electron chi connectivity index (χ0n) is 9.19. The predicted octanol–water partition coefficient (Wildman–Crippen LogP) is 5.25. The van der Waals surface area contributed by atoms with E-state index in [1.165, 1.54) is 6.07 Å². The molecule has 0 aromatic heterocycles. The van der Waals surface area contributed by atoms with Crippen molar-refractivity contribution in [1.29, 1.82) is 0 Å². The van der Waals surface area contributed by atoms with Gasteiger partial charge in [-0.05, 0) is 12.0 Å². The van der Waals surface area contributed by atoms with Gasteiger partial charge in [0.1, 0.15) is 5.02 Å². The number of rotatable bonds is 3. The van der Waals surface area contributed by atoms with Crippen LogP contribution in [0.5, 0.6) is 5.75 Å². The zero-order chi connectivity index (χ0) is 13.2. The highest BCUT2D eigenvalue weighted by molar-refractivity contribution is 6.50. The number of hydrogen-bond donors (Lipinski definition) is 0. The lowest BCUT2D eigenvalue weighted by molar-refractivity contribution is -0.135. The van der Waals surface area contributed by atoms with Crippen molar-refractivity contribution < 1.29 is 9.53 Å². The molecule has 0 aliphatic heterocycles. The summed E-state index contributed by atoms with van der Waals surface area (Å²) in [7, 11) is 0. The van der Waals surface area contributed by atoms with Crippen molar-refractivity contribution in [3.63, 3.8) is 0 Å². The summed E-state index contributed by atoms with van der Waals surface area (Å²) in [6.07, 6.45) is 0.271. The molecule has 1 aromatic rings. The fourth-order valence-electron chi connectivity index (χ4n) is 1.13. The average molecular weight is 316 g/mol. The van der Waals surface area contributed by atoms with E-state index in [0.29, 0.717) is 0 Å². The Labute approximate surface area is 120 Å². The molecule has 6 heteroatoms. The molecule has 0 saturated carbocycles. The van der Waals surface area contributed by atoms with Crippen LogP contribution in [-0.2, 0) is 4.79 Å². The third kappa shape index (κ3) is 3.92. The highest BCUT2D eigenvalue weighted by Gasteiger charge is 2.18. The smallest absolute Gasteiger partial charge is 0.311 e. The van der Waals surface area contributed by atoms with Crippen LogP contribution in [0.4, 0.5) is 0 Å². The summed E-state index contributed by atoms with van der Waals surface area (Å²) in [6.45, 7) is 3.80. The molecular weight excluding hydrogens is 306 g/mol. The van der Waals surface area contributed by atoms with Gasteiger partial charge in [-0.3, -0.25) is 4.79 Å². The first kappa shape index (κ1) is 14.9. The third-order valence-corrected chi connectivity index (χ3v) is 3.39. The van der Waals surface area contributed by atoms with Crippen molar-refractivity contribution in [2.75, 3.05) is 0 Å². The molecule has 0 fully saturated rings. The monoisotopic (exact) mass is 314 g/mol. The number of halogens is 4. The first-order valence-electron chi connectivity index (χ1n) is 4.86. The molecule has 0 saturated heterocycles. The van der Waals surface area contributed by atoms with Crippen molar-refractivity contribution in [3.8, 4) is 5.75 Å². The summed E-state index contributed by atoms with van der Waals surface area (Å²) in [5.74, 6) is -0.182. The number of carbonyl (C=O) groups is 1. The van der Waals surface area contributed by atoms with E-state index in [-0.39, 0.29) is 38.2 Å². The maximum atomic E-state index is 11.5. The Morgan fingerprint density at radius 3 is 2.29 bits per heavy atom. The van der Waals surface area contributed by atoms with Gasteiger partial charge in [0, 0.05) is 6.42 Å². The van der Waals surface area contributed by atoms with E-state index in [1.807, 2.05) is 13.8 Å².